The van der Waals surface area contributed by atoms with E-state index in [9.17, 15) is 0 Å². The van der Waals surface area contributed by atoms with Crippen molar-refractivity contribution in [2.75, 3.05) is 0 Å². The zero-order valence-corrected chi connectivity index (χ0v) is 59.7. The zero-order chi connectivity index (χ0) is 64.6. The van der Waals surface area contributed by atoms with Crippen molar-refractivity contribution >= 4 is 10.8 Å². The minimum absolute atomic E-state index is 0. The molecule has 0 aromatic heterocycles. The Morgan fingerprint density at radius 2 is 0.602 bits per heavy atom. The smallest absolute Gasteiger partial charge is 0.127 e. The van der Waals surface area contributed by atoms with Gasteiger partial charge in [-0.15, -0.1) is 0 Å². The molecule has 11 aromatic rings. The van der Waals surface area contributed by atoms with Gasteiger partial charge in [0.15, 0.2) is 0 Å². The van der Waals surface area contributed by atoms with Crippen LogP contribution in [0.5, 0.6) is 23.0 Å². The van der Waals surface area contributed by atoms with Crippen molar-refractivity contribution in [3.8, 4) is 34.1 Å². The number of hydrogen-bond donors (Lipinski definition) is 0. The number of aryl methyl sites for hydroxylation is 3. The molecule has 0 fully saturated rings. The SMILES string of the molecule is CC.CC.CC.CC.CC.CC.CC1(C)CC(C)(c2ccccc2)c2ccccc21.Cc1cccc(Oc2ccc(-c3ccc(Oc4cccc(C)c4)cc3)cc2)c1.Cc1ccccc1.[Y].[c-]1ccccc1.[c-]1ccccc1.c1ccc2ccccc2c1. The number of ether oxygens (including phenoxy) is 2. The zero-order valence-electron chi connectivity index (χ0n) is 56.8. The fraction of sp³-hybridized carbons (Fsp3) is 0.247. The summed E-state index contributed by atoms with van der Waals surface area (Å²) >= 11 is 0. The molecule has 88 heavy (non-hydrogen) atoms. The van der Waals surface area contributed by atoms with Gasteiger partial charge in [-0.05, 0) is 131 Å². The first-order chi connectivity index (χ1) is 42.6. The Balaban J connectivity index is 0.00000108. The number of rotatable bonds is 6. The van der Waals surface area contributed by atoms with Crippen LogP contribution in [0.15, 0.2) is 291 Å². The normalized spacial score (nSPS) is 11.8. The molecule has 11 aromatic carbocycles. The second-order valence-corrected chi connectivity index (χ2v) is 19.3. The van der Waals surface area contributed by atoms with Gasteiger partial charge in [-0.2, -0.15) is 72.8 Å². The first kappa shape index (κ1) is 80.4. The van der Waals surface area contributed by atoms with E-state index in [1.807, 2.05) is 223 Å². The average molecular weight is 1250 g/mol. The third kappa shape index (κ3) is 29.9. The van der Waals surface area contributed by atoms with Crippen molar-refractivity contribution in [2.24, 2.45) is 0 Å². The second kappa shape index (κ2) is 49.4. The van der Waals surface area contributed by atoms with Crippen molar-refractivity contribution in [2.45, 2.75) is 142 Å². The number of benzene rings is 11. The Morgan fingerprint density at radius 3 is 0.909 bits per heavy atom. The maximum Gasteiger partial charge on any atom is 0.127 e. The van der Waals surface area contributed by atoms with E-state index in [0.29, 0.717) is 0 Å². The van der Waals surface area contributed by atoms with Crippen LogP contribution in [0.2, 0.25) is 0 Å². The number of fused-ring (bicyclic) bond motifs is 2. The number of hydrogen-bond acceptors (Lipinski definition) is 2. The van der Waals surface area contributed by atoms with E-state index in [1.54, 1.807) is 0 Å². The molecule has 1 radical (unpaired) electrons. The molecular weight excluding hydrogens is 1140 g/mol. The molecule has 2 nitrogen and oxygen atoms in total. The van der Waals surface area contributed by atoms with Crippen LogP contribution in [0.4, 0.5) is 0 Å². The summed E-state index contributed by atoms with van der Waals surface area (Å²) in [6.45, 7) is 37.3. The van der Waals surface area contributed by atoms with Crippen molar-refractivity contribution in [1.82, 2.24) is 0 Å². The first-order valence-electron chi connectivity index (χ1n) is 31.7. The predicted molar refractivity (Wildman–Crippen MR) is 385 cm³/mol. The van der Waals surface area contributed by atoms with Gasteiger partial charge in [0, 0.05) is 38.1 Å². The molecule has 0 saturated carbocycles. The van der Waals surface area contributed by atoms with E-state index in [0.717, 1.165) is 34.1 Å². The molecule has 0 saturated heterocycles. The molecule has 0 heterocycles. The molecule has 0 amide bonds. The quantitative estimate of drug-likeness (QED) is 0.155. The van der Waals surface area contributed by atoms with Gasteiger partial charge in [-0.25, -0.2) is 0 Å². The molecule has 0 spiro atoms. The molecule has 0 N–H and O–H groups in total. The summed E-state index contributed by atoms with van der Waals surface area (Å²) in [5.41, 5.74) is 10.8. The van der Waals surface area contributed by atoms with Gasteiger partial charge in [0.25, 0.3) is 0 Å². The van der Waals surface area contributed by atoms with Crippen LogP contribution in [-0.2, 0) is 43.5 Å². The van der Waals surface area contributed by atoms with Crippen LogP contribution < -0.4 is 9.47 Å². The van der Waals surface area contributed by atoms with Gasteiger partial charge < -0.3 is 9.47 Å². The maximum absolute atomic E-state index is 5.93. The monoisotopic (exact) mass is 1250 g/mol. The van der Waals surface area contributed by atoms with E-state index < -0.39 is 0 Å². The Hall–Kier alpha value is -7.62. The third-order valence-corrected chi connectivity index (χ3v) is 12.8. The summed E-state index contributed by atoms with van der Waals surface area (Å²) < 4.78 is 11.9. The van der Waals surface area contributed by atoms with Gasteiger partial charge in [0.1, 0.15) is 23.0 Å². The molecule has 12 rings (SSSR count). The van der Waals surface area contributed by atoms with E-state index in [-0.39, 0.29) is 43.5 Å². The standard InChI is InChI=1S/C26H22O2.C18H20.C10H8.C7H8.2C6H5.6C2H6.Y/c1-19-5-3-7-25(17-19)27-23-13-9-21(10-14-23)22-11-15-24(16-12-22)28-26-8-4-6-20(2)18-26;1-17(2)13-18(3,14-9-5-4-6-10-14)16-12-8-7-11-15(16)17;1-2-6-10-8-4-3-7-9(10)5-1;1-7-5-3-2-4-6-7;2*1-2-4-6-5-3-1;6*1-2;/h3-18H,1-2H3;4-12H,13H2,1-3H3;1-8H;2-6H,1H3;2*1-5H;6*1-2H3;/q;;;;2*-1;;;;;;;. The fourth-order valence-electron chi connectivity index (χ4n) is 9.10. The Morgan fingerprint density at radius 1 is 0.295 bits per heavy atom. The van der Waals surface area contributed by atoms with Gasteiger partial charge in [0.05, 0.1) is 0 Å². The first-order valence-corrected chi connectivity index (χ1v) is 31.7. The van der Waals surface area contributed by atoms with E-state index >= 15 is 0 Å². The minimum Gasteiger partial charge on any atom is -0.457 e. The van der Waals surface area contributed by atoms with Crippen LogP contribution in [0.1, 0.15) is 144 Å². The maximum atomic E-state index is 5.93. The summed E-state index contributed by atoms with van der Waals surface area (Å²) in [6, 6.07) is 104. The summed E-state index contributed by atoms with van der Waals surface area (Å²) in [5.74, 6) is 3.36. The molecular formula is C85H104O2Y-2. The van der Waals surface area contributed by atoms with Crippen LogP contribution in [-0.4, -0.2) is 0 Å². The molecule has 1 unspecified atom stereocenters. The van der Waals surface area contributed by atoms with Crippen LogP contribution >= 0.6 is 0 Å². The van der Waals surface area contributed by atoms with Crippen LogP contribution in [0.3, 0.4) is 0 Å². The molecule has 1 aliphatic rings. The minimum atomic E-state index is 0. The molecule has 0 aliphatic heterocycles. The second-order valence-electron chi connectivity index (χ2n) is 19.3. The van der Waals surface area contributed by atoms with E-state index in [4.69, 9.17) is 9.47 Å². The molecule has 461 valence electrons. The molecule has 3 heteroatoms. The summed E-state index contributed by atoms with van der Waals surface area (Å²) in [5, 5.41) is 2.62. The molecule has 1 aliphatic carbocycles. The van der Waals surface area contributed by atoms with Gasteiger partial charge in [-0.3, -0.25) is 0 Å². The summed E-state index contributed by atoms with van der Waals surface area (Å²) in [7, 11) is 0. The third-order valence-electron chi connectivity index (χ3n) is 12.8. The van der Waals surface area contributed by atoms with Gasteiger partial charge in [0.2, 0.25) is 0 Å². The Bertz CT molecular complexity index is 3100. The largest absolute Gasteiger partial charge is 0.457 e. The van der Waals surface area contributed by atoms with E-state index in [1.165, 1.54) is 50.6 Å². The van der Waals surface area contributed by atoms with Gasteiger partial charge >= 0.3 is 0 Å². The van der Waals surface area contributed by atoms with Crippen molar-refractivity contribution < 1.29 is 42.2 Å². The average Bonchev–Trinajstić information content (AvgIpc) is 1.62. The predicted octanol–water partition coefficient (Wildman–Crippen LogP) is 26.2. The van der Waals surface area contributed by atoms with Crippen LogP contribution in [0, 0.1) is 32.9 Å². The van der Waals surface area contributed by atoms with E-state index in [2.05, 4.69) is 205 Å². The molecule has 0 bridgehead atoms. The van der Waals surface area contributed by atoms with Crippen molar-refractivity contribution in [3.63, 3.8) is 0 Å². The Labute approximate surface area is 561 Å². The van der Waals surface area contributed by atoms with Crippen LogP contribution in [0.25, 0.3) is 21.9 Å². The van der Waals surface area contributed by atoms with Crippen molar-refractivity contribution in [3.05, 3.63) is 337 Å². The van der Waals surface area contributed by atoms with Crippen molar-refractivity contribution in [1.29, 1.82) is 0 Å². The molecule has 1 atom stereocenters. The summed E-state index contributed by atoms with van der Waals surface area (Å²) in [6.07, 6.45) is 1.18. The Kier molecular flexibility index (Phi) is 45.1. The fourth-order valence-corrected chi connectivity index (χ4v) is 9.10. The summed E-state index contributed by atoms with van der Waals surface area (Å²) in [4.78, 5) is 0. The van der Waals surface area contributed by atoms with Gasteiger partial charge in [-0.1, -0.05) is 291 Å². The topological polar surface area (TPSA) is 18.5 Å².